The molecule has 24 heavy (non-hydrogen) atoms. The van der Waals surface area contributed by atoms with Gasteiger partial charge in [0.05, 0.1) is 0 Å². The normalized spacial score (nSPS) is 60.6. The monoisotopic (exact) mass is 326 g/mol. The Kier molecular flexibility index (Phi) is 2.71. The van der Waals surface area contributed by atoms with E-state index in [4.69, 9.17) is 21.7 Å². The number of rotatable bonds is 1. The fraction of sp³-hybridized carbons (Fsp3) is 0.900. The van der Waals surface area contributed by atoms with E-state index in [1.807, 2.05) is 0 Å². The van der Waals surface area contributed by atoms with Crippen molar-refractivity contribution in [3.8, 4) is 0 Å². The molecule has 0 radical (unpaired) electrons. The predicted octanol–water partition coefficient (Wildman–Crippen LogP) is 2.86. The highest BCUT2D eigenvalue weighted by Gasteiger charge is 2.54. The van der Waals surface area contributed by atoms with Crippen LogP contribution in [0.15, 0.2) is 10.2 Å². The predicted molar refractivity (Wildman–Crippen MR) is 95.8 cm³/mol. The second-order valence-corrected chi connectivity index (χ2v) is 10.5. The van der Waals surface area contributed by atoms with Gasteiger partial charge in [-0.05, 0) is 76.0 Å². The first-order valence-corrected chi connectivity index (χ1v) is 10.2. The van der Waals surface area contributed by atoms with Crippen molar-refractivity contribution in [1.82, 2.24) is 0 Å². The van der Waals surface area contributed by atoms with Gasteiger partial charge >= 0.3 is 0 Å². The first-order chi connectivity index (χ1) is 11.5. The van der Waals surface area contributed by atoms with Crippen molar-refractivity contribution in [3.63, 3.8) is 0 Å². The number of hydrogen-bond donors (Lipinski definition) is 2. The molecule has 8 aliphatic carbocycles. The summed E-state index contributed by atoms with van der Waals surface area (Å²) in [5.74, 6) is 4.23. The minimum atomic E-state index is 0.122. The van der Waals surface area contributed by atoms with Crippen LogP contribution < -0.4 is 11.5 Å². The zero-order valence-corrected chi connectivity index (χ0v) is 14.6. The maximum atomic E-state index is 6.63. The Hall–Kier alpha value is -0.740. The average molecular weight is 326 g/mol. The van der Waals surface area contributed by atoms with E-state index >= 15 is 0 Å². The van der Waals surface area contributed by atoms with Crippen LogP contribution in [-0.4, -0.2) is 22.5 Å². The van der Waals surface area contributed by atoms with Crippen LogP contribution in [0, 0.1) is 35.5 Å². The summed E-state index contributed by atoms with van der Waals surface area (Å²) in [6.07, 6.45) is 12.4. The summed E-state index contributed by atoms with van der Waals surface area (Å²) in [7, 11) is 0. The SMILES string of the molecule is NC12CC3C[C@H](C1)C(=NN=C1[C@@H]4CC5C[C@H]1CC(N)(C5)C4)[C@@H](C3)C2. The molecule has 8 atom stereocenters. The lowest BCUT2D eigenvalue weighted by Gasteiger charge is -2.56. The lowest BCUT2D eigenvalue weighted by molar-refractivity contribution is 0.0789. The third-order valence-electron chi connectivity index (χ3n) is 8.43. The van der Waals surface area contributed by atoms with Gasteiger partial charge in [0.25, 0.3) is 0 Å². The van der Waals surface area contributed by atoms with Crippen molar-refractivity contribution < 1.29 is 0 Å². The van der Waals surface area contributed by atoms with Crippen LogP contribution in [0.3, 0.4) is 0 Å². The standard InChI is InChI=1S/C20H30N4/c21-19-5-11-1-13(7-19)17(14(2-11)8-19)23-24-18-15-3-12-4-16(18)10-20(22,6-12)9-15/h11-16H,1-10,21-22H2/t11?,12?,13-,14+,15-,16+,19?,20?. The lowest BCUT2D eigenvalue weighted by Crippen LogP contribution is -2.60. The van der Waals surface area contributed by atoms with Crippen molar-refractivity contribution in [1.29, 1.82) is 0 Å². The minimum absolute atomic E-state index is 0.122. The van der Waals surface area contributed by atoms with Crippen LogP contribution in [0.2, 0.25) is 0 Å². The molecule has 0 aliphatic heterocycles. The van der Waals surface area contributed by atoms with Gasteiger partial charge in [-0.15, -0.1) is 0 Å². The highest BCUT2D eigenvalue weighted by molar-refractivity contribution is 5.94. The molecule has 4 unspecified atom stereocenters. The van der Waals surface area contributed by atoms with Crippen LogP contribution >= 0.6 is 0 Å². The Bertz CT molecular complexity index is 558. The molecule has 8 saturated carbocycles. The zero-order valence-electron chi connectivity index (χ0n) is 14.6. The van der Waals surface area contributed by atoms with E-state index < -0.39 is 0 Å². The summed E-state index contributed by atoms with van der Waals surface area (Å²) in [4.78, 5) is 0. The molecule has 0 aromatic heterocycles. The molecule has 0 heterocycles. The Labute approximate surface area is 144 Å². The molecule has 4 nitrogen and oxygen atoms in total. The molecule has 0 spiro atoms. The second kappa shape index (κ2) is 4.50. The van der Waals surface area contributed by atoms with Crippen molar-refractivity contribution >= 4 is 11.4 Å². The molecular weight excluding hydrogens is 296 g/mol. The third-order valence-corrected chi connectivity index (χ3v) is 8.43. The van der Waals surface area contributed by atoms with E-state index in [9.17, 15) is 0 Å². The molecule has 4 heteroatoms. The van der Waals surface area contributed by atoms with E-state index in [1.165, 1.54) is 49.9 Å². The maximum Gasteiger partial charge on any atom is 0.0469 e. The summed E-state index contributed by atoms with van der Waals surface area (Å²) in [5.41, 5.74) is 16.3. The molecule has 130 valence electrons. The van der Waals surface area contributed by atoms with Gasteiger partial charge in [0, 0.05) is 46.2 Å². The molecule has 0 aromatic rings. The molecule has 0 amide bonds. The van der Waals surface area contributed by atoms with Crippen LogP contribution in [0.1, 0.15) is 64.2 Å². The van der Waals surface area contributed by atoms with Gasteiger partial charge < -0.3 is 11.5 Å². The van der Waals surface area contributed by atoms with Gasteiger partial charge in [-0.2, -0.15) is 10.2 Å². The van der Waals surface area contributed by atoms with E-state index in [2.05, 4.69) is 0 Å². The Morgan fingerprint density at radius 1 is 0.583 bits per heavy atom. The highest BCUT2D eigenvalue weighted by Crippen LogP contribution is 2.55. The fourth-order valence-corrected chi connectivity index (χ4v) is 8.09. The van der Waals surface area contributed by atoms with Crippen LogP contribution in [0.5, 0.6) is 0 Å². The highest BCUT2D eigenvalue weighted by atomic mass is 15.2. The van der Waals surface area contributed by atoms with Gasteiger partial charge in [-0.25, -0.2) is 0 Å². The summed E-state index contributed by atoms with van der Waals surface area (Å²) in [6, 6.07) is 0. The van der Waals surface area contributed by atoms with Crippen molar-refractivity contribution in [2.75, 3.05) is 0 Å². The maximum absolute atomic E-state index is 6.63. The Morgan fingerprint density at radius 2 is 0.917 bits per heavy atom. The molecule has 4 N–H and O–H groups in total. The molecule has 8 rings (SSSR count). The molecular formula is C20H30N4. The first-order valence-electron chi connectivity index (χ1n) is 10.2. The molecule has 8 fully saturated rings. The summed E-state index contributed by atoms with van der Waals surface area (Å²) >= 11 is 0. The van der Waals surface area contributed by atoms with Crippen molar-refractivity contribution in [2.24, 2.45) is 57.2 Å². The van der Waals surface area contributed by atoms with E-state index in [-0.39, 0.29) is 11.1 Å². The van der Waals surface area contributed by atoms with Crippen LogP contribution in [0.4, 0.5) is 0 Å². The molecule has 8 aliphatic rings. The van der Waals surface area contributed by atoms with Gasteiger partial charge in [0.2, 0.25) is 0 Å². The number of nitrogens with two attached hydrogens (primary N) is 2. The topological polar surface area (TPSA) is 76.8 Å². The summed E-state index contributed by atoms with van der Waals surface area (Å²) < 4.78 is 0. The van der Waals surface area contributed by atoms with E-state index in [0.717, 1.165) is 37.5 Å². The summed E-state index contributed by atoms with van der Waals surface area (Å²) in [6.45, 7) is 0. The quantitative estimate of drug-likeness (QED) is 0.727. The van der Waals surface area contributed by atoms with E-state index in [1.54, 1.807) is 0 Å². The zero-order chi connectivity index (χ0) is 16.1. The first kappa shape index (κ1) is 14.4. The number of hydrogen-bond acceptors (Lipinski definition) is 4. The van der Waals surface area contributed by atoms with Crippen LogP contribution in [-0.2, 0) is 0 Å². The van der Waals surface area contributed by atoms with Gasteiger partial charge in [0.15, 0.2) is 0 Å². The van der Waals surface area contributed by atoms with E-state index in [0.29, 0.717) is 23.7 Å². The molecule has 0 aromatic carbocycles. The van der Waals surface area contributed by atoms with Crippen LogP contribution in [0.25, 0.3) is 0 Å². The second-order valence-electron chi connectivity index (χ2n) is 10.5. The smallest absolute Gasteiger partial charge is 0.0469 e. The minimum Gasteiger partial charge on any atom is -0.325 e. The van der Waals surface area contributed by atoms with Gasteiger partial charge in [-0.1, -0.05) is 0 Å². The largest absolute Gasteiger partial charge is 0.325 e. The summed E-state index contributed by atoms with van der Waals surface area (Å²) in [5, 5.41) is 9.86. The Morgan fingerprint density at radius 3 is 1.21 bits per heavy atom. The van der Waals surface area contributed by atoms with Gasteiger partial charge in [-0.3, -0.25) is 0 Å². The van der Waals surface area contributed by atoms with Crippen molar-refractivity contribution in [2.45, 2.75) is 75.3 Å². The third kappa shape index (κ3) is 1.99. The Balaban J connectivity index is 1.30. The number of nitrogens with zero attached hydrogens (tertiary/aromatic N) is 2. The fourth-order valence-electron chi connectivity index (χ4n) is 8.09. The molecule has 8 bridgehead atoms. The molecule has 0 saturated heterocycles. The van der Waals surface area contributed by atoms with Crippen molar-refractivity contribution in [3.05, 3.63) is 0 Å². The average Bonchev–Trinajstić information content (AvgIpc) is 2.45. The van der Waals surface area contributed by atoms with Gasteiger partial charge in [0.1, 0.15) is 0 Å². The lowest BCUT2D eigenvalue weighted by atomic mass is 9.52.